The number of rotatable bonds is 9. The first kappa shape index (κ1) is 18.9. The predicted octanol–water partition coefficient (Wildman–Crippen LogP) is 4.15. The number of hydrogen-bond donors (Lipinski definition) is 2. The minimum absolute atomic E-state index is 0.151. The molecule has 0 aliphatic rings. The van der Waals surface area contributed by atoms with Crippen LogP contribution in [0.2, 0.25) is 0 Å². The first-order valence-electron chi connectivity index (χ1n) is 8.08. The van der Waals surface area contributed by atoms with Crippen LogP contribution in [0.4, 0.5) is 4.79 Å². The van der Waals surface area contributed by atoms with Gasteiger partial charge in [0, 0.05) is 11.1 Å². The Bertz CT molecular complexity index is 539. The van der Waals surface area contributed by atoms with Crippen LogP contribution in [0.15, 0.2) is 0 Å². The fourth-order valence-corrected chi connectivity index (χ4v) is 2.55. The van der Waals surface area contributed by atoms with Crippen molar-refractivity contribution in [3.63, 3.8) is 0 Å². The Morgan fingerprint density at radius 3 is 1.87 bits per heavy atom. The summed E-state index contributed by atoms with van der Waals surface area (Å²) in [7, 11) is 0. The maximum atomic E-state index is 11.0. The molecule has 6 nitrogen and oxygen atoms in total. The number of benzene rings is 1. The molecular formula is C17H26O6. The summed E-state index contributed by atoms with van der Waals surface area (Å²) in [4.78, 5) is 11.0. The van der Waals surface area contributed by atoms with Crippen molar-refractivity contribution >= 4 is 6.16 Å². The second kappa shape index (κ2) is 9.12. The smallest absolute Gasteiger partial charge is 0.504 e. The minimum Gasteiger partial charge on any atom is -0.504 e. The largest absolute Gasteiger partial charge is 0.511 e. The Morgan fingerprint density at radius 1 is 0.870 bits per heavy atom. The molecule has 0 amide bonds. The van der Waals surface area contributed by atoms with Gasteiger partial charge in [0.1, 0.15) is 0 Å². The van der Waals surface area contributed by atoms with Gasteiger partial charge in [-0.3, -0.25) is 0 Å². The third-order valence-corrected chi connectivity index (χ3v) is 3.32. The number of phenols is 1. The van der Waals surface area contributed by atoms with Crippen LogP contribution in [0, 0.1) is 0 Å². The first-order valence-corrected chi connectivity index (χ1v) is 8.08. The Hall–Kier alpha value is -2.11. The SMILES string of the molecule is CCCc1c(O)c(OC(=O)O)c(OCC)c(OCC)c1CCC. The Labute approximate surface area is 137 Å². The van der Waals surface area contributed by atoms with Gasteiger partial charge in [0.15, 0.2) is 11.5 Å². The molecule has 0 radical (unpaired) electrons. The van der Waals surface area contributed by atoms with Gasteiger partial charge in [-0.25, -0.2) is 4.79 Å². The van der Waals surface area contributed by atoms with Crippen LogP contribution in [-0.4, -0.2) is 29.6 Å². The third kappa shape index (κ3) is 4.43. The Morgan fingerprint density at radius 2 is 1.39 bits per heavy atom. The highest BCUT2D eigenvalue weighted by molar-refractivity contribution is 5.72. The lowest BCUT2D eigenvalue weighted by atomic mass is 9.96. The van der Waals surface area contributed by atoms with E-state index in [-0.39, 0.29) is 17.2 Å². The number of carbonyl (C=O) groups is 1. The molecule has 1 aromatic rings. The second-order valence-corrected chi connectivity index (χ2v) is 5.03. The second-order valence-electron chi connectivity index (χ2n) is 5.03. The van der Waals surface area contributed by atoms with Crippen molar-refractivity contribution in [2.45, 2.75) is 53.4 Å². The molecule has 1 aromatic carbocycles. The van der Waals surface area contributed by atoms with Crippen molar-refractivity contribution < 1.29 is 29.2 Å². The van der Waals surface area contributed by atoms with E-state index < -0.39 is 6.16 Å². The van der Waals surface area contributed by atoms with Gasteiger partial charge < -0.3 is 24.4 Å². The van der Waals surface area contributed by atoms with Gasteiger partial charge in [-0.2, -0.15) is 0 Å². The molecule has 0 aliphatic heterocycles. The zero-order chi connectivity index (χ0) is 17.4. The minimum atomic E-state index is -1.51. The molecule has 23 heavy (non-hydrogen) atoms. The van der Waals surface area contributed by atoms with E-state index in [9.17, 15) is 9.90 Å². The van der Waals surface area contributed by atoms with E-state index in [2.05, 4.69) is 0 Å². The monoisotopic (exact) mass is 326 g/mol. The highest BCUT2D eigenvalue weighted by atomic mass is 16.7. The van der Waals surface area contributed by atoms with E-state index >= 15 is 0 Å². The molecule has 0 unspecified atom stereocenters. The maximum absolute atomic E-state index is 11.0. The molecule has 0 heterocycles. The predicted molar refractivity (Wildman–Crippen MR) is 87.1 cm³/mol. The highest BCUT2D eigenvalue weighted by Gasteiger charge is 2.28. The summed E-state index contributed by atoms with van der Waals surface area (Å²) in [5.74, 6) is 0.252. The molecule has 2 N–H and O–H groups in total. The van der Waals surface area contributed by atoms with Gasteiger partial charge in [0.25, 0.3) is 0 Å². The molecular weight excluding hydrogens is 300 g/mol. The van der Waals surface area contributed by atoms with Gasteiger partial charge in [-0.05, 0) is 26.7 Å². The van der Waals surface area contributed by atoms with Crippen molar-refractivity contribution in [2.24, 2.45) is 0 Å². The van der Waals surface area contributed by atoms with Crippen LogP contribution in [0.1, 0.15) is 51.7 Å². The van der Waals surface area contributed by atoms with Crippen LogP contribution < -0.4 is 14.2 Å². The van der Waals surface area contributed by atoms with Gasteiger partial charge in [-0.15, -0.1) is 0 Å². The Kier molecular flexibility index (Phi) is 7.51. The van der Waals surface area contributed by atoms with Crippen molar-refractivity contribution in [3.05, 3.63) is 11.1 Å². The van der Waals surface area contributed by atoms with Crippen molar-refractivity contribution in [1.29, 1.82) is 0 Å². The Balaban J connectivity index is 3.69. The lowest BCUT2D eigenvalue weighted by molar-refractivity contribution is 0.139. The van der Waals surface area contributed by atoms with Crippen LogP contribution in [0.3, 0.4) is 0 Å². The molecule has 0 bridgehead atoms. The van der Waals surface area contributed by atoms with Crippen LogP contribution in [0.25, 0.3) is 0 Å². The van der Waals surface area contributed by atoms with Gasteiger partial charge in [0.05, 0.1) is 13.2 Å². The van der Waals surface area contributed by atoms with Gasteiger partial charge >= 0.3 is 6.16 Å². The summed E-state index contributed by atoms with van der Waals surface area (Å²) in [6, 6.07) is 0. The number of ether oxygens (including phenoxy) is 3. The average molecular weight is 326 g/mol. The average Bonchev–Trinajstić information content (AvgIpc) is 2.50. The number of hydrogen-bond acceptors (Lipinski definition) is 5. The van der Waals surface area contributed by atoms with Crippen molar-refractivity contribution in [1.82, 2.24) is 0 Å². The van der Waals surface area contributed by atoms with E-state index in [4.69, 9.17) is 19.3 Å². The summed E-state index contributed by atoms with van der Waals surface area (Å²) in [6.45, 7) is 8.34. The number of aromatic hydroxyl groups is 1. The summed E-state index contributed by atoms with van der Waals surface area (Å²) in [5, 5.41) is 19.5. The van der Waals surface area contributed by atoms with E-state index in [1.807, 2.05) is 20.8 Å². The fourth-order valence-electron chi connectivity index (χ4n) is 2.55. The first-order chi connectivity index (χ1) is 11.0. The molecule has 0 aliphatic carbocycles. The lowest BCUT2D eigenvalue weighted by Crippen LogP contribution is -2.11. The van der Waals surface area contributed by atoms with Crippen molar-refractivity contribution in [2.75, 3.05) is 13.2 Å². The van der Waals surface area contributed by atoms with E-state index in [1.54, 1.807) is 6.92 Å². The van der Waals surface area contributed by atoms with E-state index in [1.165, 1.54) is 0 Å². The molecule has 0 saturated heterocycles. The van der Waals surface area contributed by atoms with Crippen LogP contribution in [0.5, 0.6) is 23.0 Å². The fraction of sp³-hybridized carbons (Fsp3) is 0.588. The molecule has 0 fully saturated rings. The van der Waals surface area contributed by atoms with E-state index in [0.29, 0.717) is 37.4 Å². The topological polar surface area (TPSA) is 85.2 Å². The van der Waals surface area contributed by atoms with E-state index in [0.717, 1.165) is 18.4 Å². The van der Waals surface area contributed by atoms with Gasteiger partial charge in [-0.1, -0.05) is 26.7 Å². The van der Waals surface area contributed by atoms with Gasteiger partial charge in [0.2, 0.25) is 11.5 Å². The summed E-state index contributed by atoms with van der Waals surface area (Å²) in [6.07, 6.45) is 1.46. The molecule has 0 saturated carbocycles. The van der Waals surface area contributed by atoms with Crippen molar-refractivity contribution in [3.8, 4) is 23.0 Å². The summed E-state index contributed by atoms with van der Waals surface area (Å²) in [5.41, 5.74) is 1.52. The quantitative estimate of drug-likeness (QED) is 0.524. The molecule has 130 valence electrons. The molecule has 0 spiro atoms. The summed E-state index contributed by atoms with van der Waals surface area (Å²) < 4.78 is 16.1. The van der Waals surface area contributed by atoms with Crippen LogP contribution >= 0.6 is 0 Å². The third-order valence-electron chi connectivity index (χ3n) is 3.32. The molecule has 0 aromatic heterocycles. The number of carboxylic acid groups (broad SMARTS) is 1. The normalized spacial score (nSPS) is 10.4. The lowest BCUT2D eigenvalue weighted by Gasteiger charge is -2.22. The zero-order valence-corrected chi connectivity index (χ0v) is 14.3. The number of phenolic OH excluding ortho intramolecular Hbond substituents is 1. The molecule has 6 heteroatoms. The van der Waals surface area contributed by atoms with Crippen LogP contribution in [-0.2, 0) is 12.8 Å². The molecule has 0 atom stereocenters. The highest BCUT2D eigenvalue weighted by Crippen LogP contribution is 2.50. The zero-order valence-electron chi connectivity index (χ0n) is 14.3. The maximum Gasteiger partial charge on any atom is 0.511 e. The summed E-state index contributed by atoms with van der Waals surface area (Å²) >= 11 is 0. The standard InChI is InChI=1S/C17H26O6/c1-5-9-11-12(10-6-2)14(21-7-3)16(22-8-4)15(13(11)18)23-17(19)20/h18H,5-10H2,1-4H3,(H,19,20). The molecule has 1 rings (SSSR count).